The zero-order valence-electron chi connectivity index (χ0n) is 16.4. The number of likely N-dealkylation sites (tertiary alicyclic amines) is 1. The van der Waals surface area contributed by atoms with Gasteiger partial charge < -0.3 is 9.80 Å². The van der Waals surface area contributed by atoms with Crippen molar-refractivity contribution in [3.63, 3.8) is 0 Å². The van der Waals surface area contributed by atoms with Gasteiger partial charge in [0.2, 0.25) is 0 Å². The van der Waals surface area contributed by atoms with E-state index in [1.165, 1.54) is 17.7 Å². The average Bonchev–Trinajstić information content (AvgIpc) is 3.04. The number of fused-ring (bicyclic) bond motifs is 1. The summed E-state index contributed by atoms with van der Waals surface area (Å²) in [6.07, 6.45) is 9.98. The van der Waals surface area contributed by atoms with Gasteiger partial charge in [-0.3, -0.25) is 14.5 Å². The van der Waals surface area contributed by atoms with Crippen molar-refractivity contribution in [3.05, 3.63) is 47.0 Å². The van der Waals surface area contributed by atoms with Crippen LogP contribution in [0.15, 0.2) is 24.5 Å². The van der Waals surface area contributed by atoms with E-state index in [9.17, 15) is 4.79 Å². The molecule has 2 aromatic heterocycles. The first kappa shape index (κ1) is 18.2. The third kappa shape index (κ3) is 3.76. The van der Waals surface area contributed by atoms with Crippen LogP contribution < -0.4 is 0 Å². The van der Waals surface area contributed by atoms with Crippen LogP contribution in [0.2, 0.25) is 0 Å². The van der Waals surface area contributed by atoms with Crippen molar-refractivity contribution in [2.45, 2.75) is 51.1 Å². The van der Waals surface area contributed by atoms with Gasteiger partial charge in [0.05, 0.1) is 0 Å². The largest absolute Gasteiger partial charge is 0.330 e. The highest BCUT2D eigenvalue weighted by Crippen LogP contribution is 2.27. The van der Waals surface area contributed by atoms with E-state index in [0.717, 1.165) is 50.8 Å². The van der Waals surface area contributed by atoms with E-state index < -0.39 is 0 Å². The van der Waals surface area contributed by atoms with Gasteiger partial charge in [0, 0.05) is 43.3 Å². The molecule has 144 valence electrons. The lowest BCUT2D eigenvalue weighted by molar-refractivity contribution is 0.0561. The second-order valence-electron chi connectivity index (χ2n) is 7.93. The minimum Gasteiger partial charge on any atom is -0.330 e. The Kier molecular flexibility index (Phi) is 5.25. The molecule has 0 radical (unpaired) electrons. The lowest BCUT2D eigenvalue weighted by atomic mass is 9.94. The first-order valence-electron chi connectivity index (χ1n) is 10.1. The number of piperidine rings is 1. The number of rotatable bonds is 4. The normalized spacial score (nSPS) is 18.3. The maximum atomic E-state index is 13.6. The monoisotopic (exact) mass is 367 g/mol. The zero-order chi connectivity index (χ0) is 18.8. The summed E-state index contributed by atoms with van der Waals surface area (Å²) in [4.78, 5) is 22.2. The highest BCUT2D eigenvalue weighted by Gasteiger charge is 2.32. The summed E-state index contributed by atoms with van der Waals surface area (Å²) >= 11 is 0. The third-order valence-electron chi connectivity index (χ3n) is 6.06. The lowest BCUT2D eigenvalue weighted by Crippen LogP contribution is -2.46. The zero-order valence-corrected chi connectivity index (χ0v) is 16.4. The summed E-state index contributed by atoms with van der Waals surface area (Å²) in [6.45, 7) is 2.69. The van der Waals surface area contributed by atoms with Crippen LogP contribution in [0.5, 0.6) is 0 Å². The van der Waals surface area contributed by atoms with Crippen LogP contribution in [0.4, 0.5) is 0 Å². The molecular weight excluding hydrogens is 338 g/mol. The molecule has 1 aliphatic heterocycles. The second kappa shape index (κ2) is 7.80. The van der Waals surface area contributed by atoms with Gasteiger partial charge in [-0.25, -0.2) is 0 Å². The standard InChI is InChI=1S/C21H29N5O/c1-24-13-9-17(10-14-24)26(15-16-7-11-22-12-8-16)21(27)20-18-5-3-4-6-19(18)25(2)23-20/h7-8,11-12,17H,3-6,9-10,13-15H2,1-2H3. The van der Waals surface area contributed by atoms with Crippen molar-refractivity contribution in [2.24, 2.45) is 7.05 Å². The number of aryl methyl sites for hydroxylation is 1. The fraction of sp³-hybridized carbons (Fsp3) is 0.571. The Bertz CT molecular complexity index is 792. The molecule has 0 aromatic carbocycles. The molecular formula is C21H29N5O. The molecule has 0 N–H and O–H groups in total. The van der Waals surface area contributed by atoms with Crippen molar-refractivity contribution in [1.29, 1.82) is 0 Å². The molecule has 0 saturated carbocycles. The molecule has 3 heterocycles. The van der Waals surface area contributed by atoms with Crippen molar-refractivity contribution < 1.29 is 4.79 Å². The average molecular weight is 367 g/mol. The Labute approximate surface area is 161 Å². The van der Waals surface area contributed by atoms with Gasteiger partial charge in [0.15, 0.2) is 5.69 Å². The molecule has 6 nitrogen and oxygen atoms in total. The van der Waals surface area contributed by atoms with Gasteiger partial charge in [0.25, 0.3) is 5.91 Å². The van der Waals surface area contributed by atoms with E-state index in [1.54, 1.807) is 12.4 Å². The van der Waals surface area contributed by atoms with Gasteiger partial charge >= 0.3 is 0 Å². The van der Waals surface area contributed by atoms with Crippen LogP contribution >= 0.6 is 0 Å². The smallest absolute Gasteiger partial charge is 0.275 e. The Balaban J connectivity index is 1.64. The summed E-state index contributed by atoms with van der Waals surface area (Å²) in [7, 11) is 4.13. The number of nitrogens with zero attached hydrogens (tertiary/aromatic N) is 5. The molecule has 0 spiro atoms. The van der Waals surface area contributed by atoms with Gasteiger partial charge in [0.1, 0.15) is 0 Å². The topological polar surface area (TPSA) is 54.3 Å². The Morgan fingerprint density at radius 1 is 1.15 bits per heavy atom. The maximum Gasteiger partial charge on any atom is 0.275 e. The number of hydrogen-bond acceptors (Lipinski definition) is 4. The van der Waals surface area contributed by atoms with Crippen LogP contribution in [0.1, 0.15) is 53.0 Å². The molecule has 0 bridgehead atoms. The number of carbonyl (C=O) groups is 1. The summed E-state index contributed by atoms with van der Waals surface area (Å²) < 4.78 is 1.93. The van der Waals surface area contributed by atoms with Crippen LogP contribution in [0.3, 0.4) is 0 Å². The van der Waals surface area contributed by atoms with E-state index >= 15 is 0 Å². The summed E-state index contributed by atoms with van der Waals surface area (Å²) in [5.74, 6) is 0.0973. The minimum absolute atomic E-state index is 0.0973. The molecule has 1 amide bonds. The molecule has 1 fully saturated rings. The van der Waals surface area contributed by atoms with Gasteiger partial charge in [-0.15, -0.1) is 0 Å². The van der Waals surface area contributed by atoms with Crippen LogP contribution in [-0.4, -0.2) is 56.7 Å². The summed E-state index contributed by atoms with van der Waals surface area (Å²) in [5.41, 5.74) is 4.24. The molecule has 1 saturated heterocycles. The molecule has 1 aliphatic carbocycles. The number of amides is 1. The summed E-state index contributed by atoms with van der Waals surface area (Å²) in [5, 5.41) is 4.67. The predicted molar refractivity (Wildman–Crippen MR) is 104 cm³/mol. The Morgan fingerprint density at radius 2 is 1.85 bits per heavy atom. The van der Waals surface area contributed by atoms with Crippen LogP contribution in [0, 0.1) is 0 Å². The van der Waals surface area contributed by atoms with E-state index in [0.29, 0.717) is 12.2 Å². The molecule has 0 atom stereocenters. The van der Waals surface area contributed by atoms with Crippen LogP contribution in [0.25, 0.3) is 0 Å². The van der Waals surface area contributed by atoms with Gasteiger partial charge in [-0.2, -0.15) is 5.10 Å². The van der Waals surface area contributed by atoms with E-state index in [4.69, 9.17) is 0 Å². The Morgan fingerprint density at radius 3 is 2.59 bits per heavy atom. The lowest BCUT2D eigenvalue weighted by Gasteiger charge is -2.37. The fourth-order valence-corrected chi connectivity index (χ4v) is 4.44. The van der Waals surface area contributed by atoms with E-state index in [1.807, 2.05) is 23.9 Å². The van der Waals surface area contributed by atoms with Crippen molar-refractivity contribution >= 4 is 5.91 Å². The van der Waals surface area contributed by atoms with Crippen molar-refractivity contribution in [2.75, 3.05) is 20.1 Å². The first-order valence-corrected chi connectivity index (χ1v) is 10.1. The van der Waals surface area contributed by atoms with E-state index in [2.05, 4.69) is 26.9 Å². The van der Waals surface area contributed by atoms with Gasteiger partial charge in [-0.05, 0) is 76.4 Å². The van der Waals surface area contributed by atoms with Crippen LogP contribution in [-0.2, 0) is 26.4 Å². The molecule has 4 rings (SSSR count). The SMILES string of the molecule is CN1CCC(N(Cc2ccncc2)C(=O)c2nn(C)c3c2CCCC3)CC1. The van der Waals surface area contributed by atoms with Crippen molar-refractivity contribution in [1.82, 2.24) is 24.6 Å². The number of carbonyl (C=O) groups excluding carboxylic acids is 1. The van der Waals surface area contributed by atoms with E-state index in [-0.39, 0.29) is 11.9 Å². The van der Waals surface area contributed by atoms with Gasteiger partial charge in [-0.1, -0.05) is 0 Å². The Hall–Kier alpha value is -2.21. The second-order valence-corrected chi connectivity index (χ2v) is 7.93. The minimum atomic E-state index is 0.0973. The quantitative estimate of drug-likeness (QED) is 0.833. The third-order valence-corrected chi connectivity index (χ3v) is 6.06. The molecule has 6 heteroatoms. The summed E-state index contributed by atoms with van der Waals surface area (Å²) in [6, 6.07) is 4.27. The maximum absolute atomic E-state index is 13.6. The predicted octanol–water partition coefficient (Wildman–Crippen LogP) is 2.43. The highest BCUT2D eigenvalue weighted by atomic mass is 16.2. The molecule has 2 aromatic rings. The fourth-order valence-electron chi connectivity index (χ4n) is 4.44. The molecule has 2 aliphatic rings. The molecule has 0 unspecified atom stereocenters. The number of hydrogen-bond donors (Lipinski definition) is 0. The van der Waals surface area contributed by atoms with Crippen molar-refractivity contribution in [3.8, 4) is 0 Å². The highest BCUT2D eigenvalue weighted by molar-refractivity contribution is 5.94. The first-order chi connectivity index (χ1) is 13.1. The number of pyridine rings is 1. The molecule has 27 heavy (non-hydrogen) atoms. The number of aromatic nitrogens is 3.